The maximum absolute atomic E-state index is 12.6. The van der Waals surface area contributed by atoms with Gasteiger partial charge >= 0.3 is 6.18 Å². The monoisotopic (exact) mass is 296 g/mol. The van der Waals surface area contributed by atoms with Crippen LogP contribution in [0.3, 0.4) is 0 Å². The van der Waals surface area contributed by atoms with Crippen LogP contribution >= 0.6 is 15.9 Å². The molecule has 2 nitrogen and oxygen atoms in total. The van der Waals surface area contributed by atoms with Gasteiger partial charge in [0.25, 0.3) is 0 Å². The first kappa shape index (κ1) is 13.3. The maximum atomic E-state index is 12.6. The quantitative estimate of drug-likeness (QED) is 0.899. The van der Waals surface area contributed by atoms with E-state index in [1.165, 1.54) is 6.07 Å². The lowest BCUT2D eigenvalue weighted by molar-refractivity contribution is -0.138. The molecule has 0 heterocycles. The highest BCUT2D eigenvalue weighted by Crippen LogP contribution is 2.36. The minimum absolute atomic E-state index is 0.0333. The number of benzene rings is 1. The Balaban J connectivity index is 2.99. The van der Waals surface area contributed by atoms with E-state index in [1.807, 2.05) is 0 Å². The van der Waals surface area contributed by atoms with Crippen molar-refractivity contribution < 1.29 is 13.2 Å². The molecule has 90 valence electrons. The van der Waals surface area contributed by atoms with E-state index in [-0.39, 0.29) is 10.5 Å². The molecule has 0 fully saturated rings. The van der Waals surface area contributed by atoms with Crippen LogP contribution in [0.25, 0.3) is 0 Å². The molecular formula is C10H12BrF3N2. The standard InChI is InChI=1S/C10H12BrF3N2/c1-6(5-15)16-7-2-3-9(11)8(4-7)10(12,13)14/h2-4,6,16H,5,15H2,1H3. The van der Waals surface area contributed by atoms with Gasteiger partial charge in [0.2, 0.25) is 0 Å². The topological polar surface area (TPSA) is 38.0 Å². The summed E-state index contributed by atoms with van der Waals surface area (Å²) in [5, 5.41) is 2.89. The first-order chi connectivity index (χ1) is 7.34. The molecule has 0 bridgehead atoms. The lowest BCUT2D eigenvalue weighted by Crippen LogP contribution is -2.25. The normalized spacial score (nSPS) is 13.6. The number of anilines is 1. The fourth-order valence-corrected chi connectivity index (χ4v) is 1.65. The molecule has 0 radical (unpaired) electrons. The molecule has 6 heteroatoms. The zero-order chi connectivity index (χ0) is 12.3. The molecule has 1 aromatic rings. The largest absolute Gasteiger partial charge is 0.417 e. The molecule has 1 aromatic carbocycles. The minimum Gasteiger partial charge on any atom is -0.381 e. The Morgan fingerprint density at radius 2 is 2.06 bits per heavy atom. The Kier molecular flexibility index (Phi) is 4.21. The van der Waals surface area contributed by atoms with Gasteiger partial charge in [-0.25, -0.2) is 0 Å². The van der Waals surface area contributed by atoms with Crippen LogP contribution in [0.5, 0.6) is 0 Å². The van der Waals surface area contributed by atoms with Gasteiger partial charge in [0.15, 0.2) is 0 Å². The van der Waals surface area contributed by atoms with Crippen molar-refractivity contribution in [3.63, 3.8) is 0 Å². The van der Waals surface area contributed by atoms with Crippen molar-refractivity contribution in [2.75, 3.05) is 11.9 Å². The molecule has 1 atom stereocenters. The summed E-state index contributed by atoms with van der Waals surface area (Å²) in [5.41, 5.74) is 5.10. The number of halogens is 4. The SMILES string of the molecule is CC(CN)Nc1ccc(Br)c(C(F)(F)F)c1. The van der Waals surface area contributed by atoms with Gasteiger partial charge < -0.3 is 11.1 Å². The third-order valence-electron chi connectivity index (χ3n) is 2.04. The van der Waals surface area contributed by atoms with Crippen LogP contribution in [0.1, 0.15) is 12.5 Å². The van der Waals surface area contributed by atoms with Crippen molar-refractivity contribution in [2.45, 2.75) is 19.1 Å². The summed E-state index contributed by atoms with van der Waals surface area (Å²) >= 11 is 2.88. The molecule has 1 rings (SSSR count). The molecule has 16 heavy (non-hydrogen) atoms. The molecule has 0 aromatic heterocycles. The molecule has 0 saturated heterocycles. The van der Waals surface area contributed by atoms with Gasteiger partial charge in [0, 0.05) is 22.7 Å². The van der Waals surface area contributed by atoms with Gasteiger partial charge in [-0.1, -0.05) is 15.9 Å². The molecule has 1 unspecified atom stereocenters. The summed E-state index contributed by atoms with van der Waals surface area (Å²) < 4.78 is 37.7. The zero-order valence-electron chi connectivity index (χ0n) is 8.61. The molecule has 0 spiro atoms. The van der Waals surface area contributed by atoms with Crippen molar-refractivity contribution in [3.8, 4) is 0 Å². The van der Waals surface area contributed by atoms with E-state index in [0.29, 0.717) is 12.2 Å². The summed E-state index contributed by atoms with van der Waals surface area (Å²) in [4.78, 5) is 0. The Hall–Kier alpha value is -0.750. The first-order valence-corrected chi connectivity index (χ1v) is 5.47. The third kappa shape index (κ3) is 3.38. The van der Waals surface area contributed by atoms with Crippen molar-refractivity contribution in [2.24, 2.45) is 5.73 Å². The molecule has 0 aliphatic rings. The predicted octanol–water partition coefficient (Wildman–Crippen LogP) is 3.23. The molecule has 0 aliphatic carbocycles. The maximum Gasteiger partial charge on any atom is 0.417 e. The van der Waals surface area contributed by atoms with Gasteiger partial charge in [-0.2, -0.15) is 13.2 Å². The van der Waals surface area contributed by atoms with E-state index in [0.717, 1.165) is 6.07 Å². The summed E-state index contributed by atoms with van der Waals surface area (Å²) in [6.45, 7) is 2.16. The van der Waals surface area contributed by atoms with Crippen molar-refractivity contribution in [1.29, 1.82) is 0 Å². The molecule has 3 N–H and O–H groups in total. The molecular weight excluding hydrogens is 285 g/mol. The van der Waals surface area contributed by atoms with Crippen LogP contribution in [0.2, 0.25) is 0 Å². The van der Waals surface area contributed by atoms with Gasteiger partial charge in [0.05, 0.1) is 5.56 Å². The van der Waals surface area contributed by atoms with E-state index >= 15 is 0 Å². The third-order valence-corrected chi connectivity index (χ3v) is 2.73. The van der Waals surface area contributed by atoms with Gasteiger partial charge in [0.1, 0.15) is 0 Å². The highest BCUT2D eigenvalue weighted by Gasteiger charge is 2.33. The van der Waals surface area contributed by atoms with Crippen molar-refractivity contribution in [1.82, 2.24) is 0 Å². The van der Waals surface area contributed by atoms with Crippen LogP contribution < -0.4 is 11.1 Å². The summed E-state index contributed by atoms with van der Waals surface area (Å²) in [5.74, 6) is 0. The Morgan fingerprint density at radius 3 is 2.56 bits per heavy atom. The predicted molar refractivity (Wildman–Crippen MR) is 61.3 cm³/mol. The van der Waals surface area contributed by atoms with Crippen molar-refractivity contribution in [3.05, 3.63) is 28.2 Å². The fraction of sp³-hybridized carbons (Fsp3) is 0.400. The second kappa shape index (κ2) is 5.05. The van der Waals surface area contributed by atoms with Crippen LogP contribution in [0.15, 0.2) is 22.7 Å². The molecule has 0 amide bonds. The second-order valence-corrected chi connectivity index (χ2v) is 4.33. The average molecular weight is 297 g/mol. The highest BCUT2D eigenvalue weighted by atomic mass is 79.9. The Labute approximate surface area is 100 Å². The number of nitrogens with two attached hydrogens (primary N) is 1. The number of nitrogens with one attached hydrogen (secondary N) is 1. The lowest BCUT2D eigenvalue weighted by Gasteiger charge is -2.15. The minimum atomic E-state index is -4.36. The first-order valence-electron chi connectivity index (χ1n) is 4.68. The van der Waals surface area contributed by atoms with E-state index in [1.54, 1.807) is 13.0 Å². The highest BCUT2D eigenvalue weighted by molar-refractivity contribution is 9.10. The van der Waals surface area contributed by atoms with E-state index in [4.69, 9.17) is 5.73 Å². The number of hydrogen-bond acceptors (Lipinski definition) is 2. The zero-order valence-corrected chi connectivity index (χ0v) is 10.2. The van der Waals surface area contributed by atoms with E-state index < -0.39 is 11.7 Å². The van der Waals surface area contributed by atoms with Crippen LogP contribution in [-0.2, 0) is 6.18 Å². The van der Waals surface area contributed by atoms with Gasteiger partial charge in [-0.05, 0) is 25.1 Å². The van der Waals surface area contributed by atoms with Gasteiger partial charge in [-0.3, -0.25) is 0 Å². The number of hydrogen-bond donors (Lipinski definition) is 2. The molecule has 0 saturated carbocycles. The summed E-state index contributed by atoms with van der Waals surface area (Å²) in [7, 11) is 0. The second-order valence-electron chi connectivity index (χ2n) is 3.47. The van der Waals surface area contributed by atoms with E-state index in [9.17, 15) is 13.2 Å². The Bertz CT molecular complexity index is 366. The lowest BCUT2D eigenvalue weighted by atomic mass is 10.2. The van der Waals surface area contributed by atoms with E-state index in [2.05, 4.69) is 21.2 Å². The van der Waals surface area contributed by atoms with Gasteiger partial charge in [-0.15, -0.1) is 0 Å². The number of alkyl halides is 3. The summed E-state index contributed by atoms with van der Waals surface area (Å²) in [6.07, 6.45) is -4.36. The van der Waals surface area contributed by atoms with Crippen LogP contribution in [0.4, 0.5) is 18.9 Å². The fourth-order valence-electron chi connectivity index (χ4n) is 1.18. The summed E-state index contributed by atoms with van der Waals surface area (Å²) in [6, 6.07) is 3.94. The smallest absolute Gasteiger partial charge is 0.381 e. The van der Waals surface area contributed by atoms with Crippen LogP contribution in [-0.4, -0.2) is 12.6 Å². The molecule has 0 aliphatic heterocycles. The van der Waals surface area contributed by atoms with Crippen molar-refractivity contribution >= 4 is 21.6 Å². The Morgan fingerprint density at radius 1 is 1.44 bits per heavy atom. The van der Waals surface area contributed by atoms with Crippen LogP contribution in [0, 0.1) is 0 Å². The average Bonchev–Trinajstić information content (AvgIpc) is 2.19. The number of rotatable bonds is 3.